The van der Waals surface area contributed by atoms with Crippen molar-refractivity contribution >= 4 is 27.7 Å². The molecule has 8 nitrogen and oxygen atoms in total. The topological polar surface area (TPSA) is 82.2 Å². The van der Waals surface area contributed by atoms with Crippen LogP contribution in [0.3, 0.4) is 0 Å². The van der Waals surface area contributed by atoms with E-state index in [4.69, 9.17) is 16.3 Å². The molecule has 0 aromatic heterocycles. The fourth-order valence-corrected chi connectivity index (χ4v) is 6.07. The summed E-state index contributed by atoms with van der Waals surface area (Å²) in [5.74, 6) is 0.509. The summed E-state index contributed by atoms with van der Waals surface area (Å²) in [7, 11) is -3.59. The lowest BCUT2D eigenvalue weighted by Gasteiger charge is -2.39. The summed E-state index contributed by atoms with van der Waals surface area (Å²) in [6, 6.07) is 6.33. The van der Waals surface area contributed by atoms with Gasteiger partial charge in [-0.15, -0.1) is 0 Å². The molecule has 1 N–H and O–H groups in total. The number of urea groups is 1. The van der Waals surface area contributed by atoms with E-state index < -0.39 is 10.0 Å². The van der Waals surface area contributed by atoms with Gasteiger partial charge in [0.25, 0.3) is 0 Å². The smallest absolute Gasteiger partial charge is 0.317 e. The van der Waals surface area contributed by atoms with Gasteiger partial charge in [-0.25, -0.2) is 13.2 Å². The molecule has 2 fully saturated rings. The van der Waals surface area contributed by atoms with E-state index in [-0.39, 0.29) is 30.1 Å². The molecule has 32 heavy (non-hydrogen) atoms. The monoisotopic (exact) mass is 486 g/mol. The van der Waals surface area contributed by atoms with E-state index in [1.54, 1.807) is 17.0 Å². The van der Waals surface area contributed by atoms with Gasteiger partial charge in [0.05, 0.1) is 18.1 Å². The number of piperazine rings is 1. The maximum Gasteiger partial charge on any atom is 0.317 e. The van der Waals surface area contributed by atoms with Crippen LogP contribution in [-0.4, -0.2) is 93.6 Å². The van der Waals surface area contributed by atoms with Gasteiger partial charge in [0.1, 0.15) is 0 Å². The highest BCUT2D eigenvalue weighted by Gasteiger charge is 2.31. The van der Waals surface area contributed by atoms with E-state index in [1.165, 1.54) is 16.4 Å². The fourth-order valence-electron chi connectivity index (χ4n) is 4.53. The number of morpholine rings is 1. The van der Waals surface area contributed by atoms with Crippen LogP contribution < -0.4 is 5.32 Å². The summed E-state index contributed by atoms with van der Waals surface area (Å²) in [5.41, 5.74) is 0. The lowest BCUT2D eigenvalue weighted by molar-refractivity contribution is 0.00205. The van der Waals surface area contributed by atoms with E-state index in [1.807, 2.05) is 0 Å². The normalized spacial score (nSPS) is 19.8. The van der Waals surface area contributed by atoms with Crippen LogP contribution in [0.5, 0.6) is 0 Å². The van der Waals surface area contributed by atoms with Gasteiger partial charge in [-0.05, 0) is 30.2 Å². The lowest BCUT2D eigenvalue weighted by atomic mass is 9.92. The van der Waals surface area contributed by atoms with Gasteiger partial charge in [0.15, 0.2) is 0 Å². The van der Waals surface area contributed by atoms with Crippen LogP contribution in [0.4, 0.5) is 4.79 Å². The van der Waals surface area contributed by atoms with Crippen molar-refractivity contribution in [2.45, 2.75) is 37.6 Å². The highest BCUT2D eigenvalue weighted by atomic mass is 35.5. The molecule has 0 aliphatic carbocycles. The third kappa shape index (κ3) is 6.14. The molecule has 1 atom stereocenters. The molecule has 1 aromatic carbocycles. The Hall–Kier alpha value is -1.39. The van der Waals surface area contributed by atoms with E-state index in [0.717, 1.165) is 39.1 Å². The molecule has 0 bridgehead atoms. The first kappa shape index (κ1) is 25.2. The first-order valence-electron chi connectivity index (χ1n) is 11.5. The molecule has 0 radical (unpaired) electrons. The summed E-state index contributed by atoms with van der Waals surface area (Å²) < 4.78 is 32.6. The van der Waals surface area contributed by atoms with Crippen LogP contribution in [0, 0.1) is 5.92 Å². The van der Waals surface area contributed by atoms with E-state index in [0.29, 0.717) is 30.6 Å². The average Bonchev–Trinajstić information content (AvgIpc) is 2.82. The Bertz CT molecular complexity index is 834. The Kier molecular flexibility index (Phi) is 9.19. The minimum Gasteiger partial charge on any atom is -0.379 e. The first-order valence-corrected chi connectivity index (χ1v) is 13.3. The summed E-state index contributed by atoms with van der Waals surface area (Å²) in [5, 5.41) is 3.61. The minimum atomic E-state index is -3.59. The number of sulfonamides is 1. The number of hydrogen-bond donors (Lipinski definition) is 1. The number of hydrogen-bond acceptors (Lipinski definition) is 5. The van der Waals surface area contributed by atoms with Crippen LogP contribution in [-0.2, 0) is 14.8 Å². The molecular formula is C22H35ClN4O4S. The second kappa shape index (κ2) is 11.7. The molecule has 2 heterocycles. The third-order valence-corrected chi connectivity index (χ3v) is 8.71. The molecule has 180 valence electrons. The second-order valence-corrected chi connectivity index (χ2v) is 10.7. The fraction of sp³-hybridized carbons (Fsp3) is 0.682. The van der Waals surface area contributed by atoms with Gasteiger partial charge < -0.3 is 15.0 Å². The van der Waals surface area contributed by atoms with Crippen molar-refractivity contribution < 1.29 is 17.9 Å². The molecule has 0 saturated carbocycles. The van der Waals surface area contributed by atoms with Gasteiger partial charge >= 0.3 is 6.03 Å². The number of rotatable bonds is 8. The molecule has 1 aromatic rings. The average molecular weight is 487 g/mol. The first-order chi connectivity index (χ1) is 15.4. The summed E-state index contributed by atoms with van der Waals surface area (Å²) >= 11 is 5.87. The van der Waals surface area contributed by atoms with Crippen LogP contribution in [0.2, 0.25) is 5.02 Å². The summed E-state index contributed by atoms with van der Waals surface area (Å²) in [4.78, 5) is 17.2. The predicted octanol–water partition coefficient (Wildman–Crippen LogP) is 2.49. The molecule has 10 heteroatoms. The van der Waals surface area contributed by atoms with E-state index >= 15 is 0 Å². The van der Waals surface area contributed by atoms with Crippen LogP contribution >= 0.6 is 11.6 Å². The van der Waals surface area contributed by atoms with Crippen molar-refractivity contribution in [2.75, 3.05) is 59.0 Å². The molecular weight excluding hydrogens is 452 g/mol. The zero-order chi connectivity index (χ0) is 23.1. The molecule has 2 saturated heterocycles. The minimum absolute atomic E-state index is 0.127. The lowest BCUT2D eigenvalue weighted by Crippen LogP contribution is -2.56. The van der Waals surface area contributed by atoms with Gasteiger partial charge in [0, 0.05) is 56.9 Å². The second-order valence-electron chi connectivity index (χ2n) is 8.32. The molecule has 3 rings (SSSR count). The Morgan fingerprint density at radius 1 is 1.03 bits per heavy atom. The van der Waals surface area contributed by atoms with E-state index in [2.05, 4.69) is 24.1 Å². The predicted molar refractivity (Wildman–Crippen MR) is 125 cm³/mol. The standard InChI is InChI=1S/C22H35ClN4O4S/c1-3-18(4-2)21(25-13-15-31-16-14-25)17-24-22(28)26-9-11-27(12-10-26)32(29,30)20-7-5-19(23)6-8-20/h5-8,18,21H,3-4,9-17H2,1-2H3,(H,24,28). The van der Waals surface area contributed by atoms with Crippen molar-refractivity contribution in [3.63, 3.8) is 0 Å². The number of carbonyl (C=O) groups is 1. The summed E-state index contributed by atoms with van der Waals surface area (Å²) in [6.07, 6.45) is 2.13. The zero-order valence-electron chi connectivity index (χ0n) is 19.0. The quantitative estimate of drug-likeness (QED) is 0.610. The number of nitrogens with one attached hydrogen (secondary N) is 1. The Morgan fingerprint density at radius 3 is 2.19 bits per heavy atom. The number of halogens is 1. The van der Waals surface area contributed by atoms with Crippen molar-refractivity contribution in [3.05, 3.63) is 29.3 Å². The number of carbonyl (C=O) groups excluding carboxylic acids is 1. The Labute approximate surface area is 196 Å². The van der Waals surface area contributed by atoms with Crippen molar-refractivity contribution in [2.24, 2.45) is 5.92 Å². The Morgan fingerprint density at radius 2 is 1.62 bits per heavy atom. The van der Waals surface area contributed by atoms with Crippen LogP contribution in [0.1, 0.15) is 26.7 Å². The van der Waals surface area contributed by atoms with Crippen LogP contribution in [0.25, 0.3) is 0 Å². The maximum absolute atomic E-state index is 12.9. The van der Waals surface area contributed by atoms with Gasteiger partial charge in [-0.3, -0.25) is 4.90 Å². The van der Waals surface area contributed by atoms with Crippen molar-refractivity contribution in [1.82, 2.24) is 19.4 Å². The zero-order valence-corrected chi connectivity index (χ0v) is 20.6. The van der Waals surface area contributed by atoms with Crippen molar-refractivity contribution in [1.29, 1.82) is 0 Å². The molecule has 2 aliphatic heterocycles. The maximum atomic E-state index is 12.9. The summed E-state index contributed by atoms with van der Waals surface area (Å²) in [6.45, 7) is 9.51. The Balaban J connectivity index is 1.54. The van der Waals surface area contributed by atoms with Gasteiger partial charge in [-0.2, -0.15) is 4.31 Å². The number of amides is 2. The van der Waals surface area contributed by atoms with Crippen LogP contribution in [0.15, 0.2) is 29.2 Å². The number of benzene rings is 1. The van der Waals surface area contributed by atoms with E-state index in [9.17, 15) is 13.2 Å². The highest BCUT2D eigenvalue weighted by Crippen LogP contribution is 2.21. The largest absolute Gasteiger partial charge is 0.379 e. The highest BCUT2D eigenvalue weighted by molar-refractivity contribution is 7.89. The van der Waals surface area contributed by atoms with Gasteiger partial charge in [-0.1, -0.05) is 38.3 Å². The number of ether oxygens (including phenoxy) is 1. The number of nitrogens with zero attached hydrogens (tertiary/aromatic N) is 3. The molecule has 2 aliphatic rings. The van der Waals surface area contributed by atoms with Crippen molar-refractivity contribution in [3.8, 4) is 0 Å². The molecule has 2 amide bonds. The molecule has 1 unspecified atom stereocenters. The van der Waals surface area contributed by atoms with Gasteiger partial charge in [0.2, 0.25) is 10.0 Å². The SMILES string of the molecule is CCC(CC)C(CNC(=O)N1CCN(S(=O)(=O)c2ccc(Cl)cc2)CC1)N1CCOCC1. The third-order valence-electron chi connectivity index (χ3n) is 6.55. The molecule has 0 spiro atoms.